The number of aliphatic imine (C=N–C) groups is 1. The Hall–Kier alpha value is -2.15. The number of nitrogens with zero attached hydrogens (tertiary/aromatic N) is 1. The zero-order chi connectivity index (χ0) is 20.0. The fourth-order valence-corrected chi connectivity index (χ4v) is 4.69. The lowest BCUT2D eigenvalue weighted by Gasteiger charge is -2.35. The molecule has 1 unspecified atom stereocenters. The maximum atomic E-state index is 13.0. The third kappa shape index (κ3) is 3.26. The van der Waals surface area contributed by atoms with E-state index >= 15 is 0 Å². The molecule has 1 aromatic carbocycles. The minimum absolute atomic E-state index is 0.0504. The third-order valence-electron chi connectivity index (χ3n) is 5.27. The molecule has 0 fully saturated rings. The monoisotopic (exact) mass is 447 g/mol. The molecule has 0 amide bonds. The number of fused-ring (bicyclic) bond motifs is 1. The number of carbonyl (C=O) groups is 2. The Bertz CT molecular complexity index is 918. The van der Waals surface area contributed by atoms with Crippen molar-refractivity contribution in [1.82, 2.24) is 0 Å². The van der Waals surface area contributed by atoms with Gasteiger partial charge in [-0.2, -0.15) is 0 Å². The van der Waals surface area contributed by atoms with Crippen LogP contribution in [-0.4, -0.2) is 30.4 Å². The summed E-state index contributed by atoms with van der Waals surface area (Å²) in [6, 6.07) is 3.69. The van der Waals surface area contributed by atoms with Crippen molar-refractivity contribution in [3.05, 3.63) is 33.4 Å². The molecule has 0 saturated carbocycles. The molecule has 148 valence electrons. The number of hydrogen-bond donors (Lipinski definition) is 0. The van der Waals surface area contributed by atoms with Crippen molar-refractivity contribution in [1.29, 1.82) is 0 Å². The Morgan fingerprint density at radius 3 is 2.68 bits per heavy atom. The van der Waals surface area contributed by atoms with E-state index in [1.807, 2.05) is 32.9 Å². The molecule has 2 aliphatic heterocycles. The molecule has 7 heteroatoms. The van der Waals surface area contributed by atoms with Gasteiger partial charge in [0, 0.05) is 33.8 Å². The quantitative estimate of drug-likeness (QED) is 0.645. The predicted octanol–water partition coefficient (Wildman–Crippen LogP) is 4.31. The van der Waals surface area contributed by atoms with E-state index < -0.39 is 11.8 Å². The summed E-state index contributed by atoms with van der Waals surface area (Å²) >= 11 is 3.61. The van der Waals surface area contributed by atoms with Gasteiger partial charge in [-0.05, 0) is 51.3 Å². The summed E-state index contributed by atoms with van der Waals surface area (Å²) in [6.45, 7) is 5.62. The van der Waals surface area contributed by atoms with E-state index in [1.54, 1.807) is 0 Å². The molecule has 1 aliphatic carbocycles. The van der Waals surface area contributed by atoms with Gasteiger partial charge in [-0.25, -0.2) is 0 Å². The van der Waals surface area contributed by atoms with Crippen LogP contribution in [-0.2, 0) is 14.3 Å². The topological polar surface area (TPSA) is 74.2 Å². The highest BCUT2D eigenvalue weighted by atomic mass is 79.9. The summed E-state index contributed by atoms with van der Waals surface area (Å²) in [5.74, 6) is -0.178. The lowest BCUT2D eigenvalue weighted by Crippen LogP contribution is -2.38. The summed E-state index contributed by atoms with van der Waals surface area (Å²) in [6.07, 6.45) is 1.74. The predicted molar refractivity (Wildman–Crippen MR) is 107 cm³/mol. The van der Waals surface area contributed by atoms with Crippen molar-refractivity contribution in [3.8, 4) is 11.5 Å². The molecule has 4 rings (SSSR count). The zero-order valence-corrected chi connectivity index (χ0v) is 17.7. The Labute approximate surface area is 172 Å². The summed E-state index contributed by atoms with van der Waals surface area (Å²) in [5, 5.41) is 0. The molecule has 6 nitrogen and oxygen atoms in total. The molecule has 2 atom stereocenters. The number of carbonyl (C=O) groups excluding carboxylic acids is 2. The fourth-order valence-electron chi connectivity index (χ4n) is 4.12. The van der Waals surface area contributed by atoms with E-state index in [1.165, 1.54) is 0 Å². The Morgan fingerprint density at radius 2 is 1.96 bits per heavy atom. The largest absolute Gasteiger partial charge is 0.462 e. The normalized spacial score (nSPS) is 23.6. The van der Waals surface area contributed by atoms with E-state index in [0.29, 0.717) is 29.2 Å². The van der Waals surface area contributed by atoms with Gasteiger partial charge in [-0.1, -0.05) is 15.9 Å². The maximum Gasteiger partial charge on any atom is 0.315 e. The van der Waals surface area contributed by atoms with Crippen LogP contribution in [0.15, 0.2) is 32.9 Å². The van der Waals surface area contributed by atoms with Gasteiger partial charge in [0.1, 0.15) is 5.92 Å². The maximum absolute atomic E-state index is 13.0. The highest BCUT2D eigenvalue weighted by molar-refractivity contribution is 9.10. The van der Waals surface area contributed by atoms with Crippen molar-refractivity contribution < 1.29 is 23.8 Å². The van der Waals surface area contributed by atoms with Crippen LogP contribution in [0, 0.1) is 5.92 Å². The van der Waals surface area contributed by atoms with Crippen LogP contribution < -0.4 is 9.47 Å². The number of benzene rings is 1. The lowest BCUT2D eigenvalue weighted by molar-refractivity contribution is -0.150. The number of rotatable bonds is 3. The number of allylic oxidation sites excluding steroid dienone is 2. The molecule has 0 bridgehead atoms. The lowest BCUT2D eigenvalue weighted by atomic mass is 9.71. The molecule has 0 N–H and O–H groups in total. The Kier molecular flexibility index (Phi) is 5.04. The number of ketones is 1. The van der Waals surface area contributed by atoms with Crippen LogP contribution in [0.5, 0.6) is 11.5 Å². The van der Waals surface area contributed by atoms with Gasteiger partial charge in [0.15, 0.2) is 17.3 Å². The fraction of sp³-hybridized carbons (Fsp3) is 0.476. The molecule has 0 radical (unpaired) electrons. The van der Waals surface area contributed by atoms with Crippen molar-refractivity contribution in [3.63, 3.8) is 0 Å². The second kappa shape index (κ2) is 7.35. The summed E-state index contributed by atoms with van der Waals surface area (Å²) in [7, 11) is 0. The van der Waals surface area contributed by atoms with Crippen LogP contribution in [0.2, 0.25) is 0 Å². The van der Waals surface area contributed by atoms with E-state index in [9.17, 15) is 9.59 Å². The molecule has 1 aromatic rings. The minimum atomic E-state index is -0.653. The molecular formula is C21H22BrNO5. The van der Waals surface area contributed by atoms with Gasteiger partial charge in [0.05, 0.1) is 6.10 Å². The van der Waals surface area contributed by atoms with Gasteiger partial charge in [0.2, 0.25) is 6.79 Å². The van der Waals surface area contributed by atoms with Crippen molar-refractivity contribution in [2.75, 3.05) is 6.79 Å². The van der Waals surface area contributed by atoms with Crippen LogP contribution in [0.4, 0.5) is 0 Å². The first-order chi connectivity index (χ1) is 13.4. The van der Waals surface area contributed by atoms with Crippen molar-refractivity contribution >= 4 is 33.4 Å². The number of Topliss-reactive ketones (excluding diaryl/α,β-unsaturated/α-hetero) is 1. The van der Waals surface area contributed by atoms with Gasteiger partial charge in [-0.3, -0.25) is 14.6 Å². The molecule has 0 saturated heterocycles. The SMILES string of the molecule is CC1=NC2=C(C(=O)CCC2)[C@@H](c2cc3c(cc2Br)OCO3)C1C(=O)OC(C)C. The highest BCUT2D eigenvalue weighted by Crippen LogP contribution is 2.48. The van der Waals surface area contributed by atoms with E-state index in [2.05, 4.69) is 20.9 Å². The van der Waals surface area contributed by atoms with Crippen molar-refractivity contribution in [2.45, 2.75) is 52.1 Å². The smallest absolute Gasteiger partial charge is 0.315 e. The van der Waals surface area contributed by atoms with Crippen LogP contribution in [0.1, 0.15) is 51.5 Å². The third-order valence-corrected chi connectivity index (χ3v) is 5.95. The molecule has 0 aromatic heterocycles. The average molecular weight is 448 g/mol. The van der Waals surface area contributed by atoms with Crippen molar-refractivity contribution in [2.24, 2.45) is 10.9 Å². The first-order valence-electron chi connectivity index (χ1n) is 9.47. The first-order valence-corrected chi connectivity index (χ1v) is 10.3. The van der Waals surface area contributed by atoms with E-state index in [-0.39, 0.29) is 24.6 Å². The first kappa shape index (κ1) is 19.2. The minimum Gasteiger partial charge on any atom is -0.462 e. The molecular weight excluding hydrogens is 426 g/mol. The number of halogens is 1. The standard InChI is InChI=1S/C21H22BrNO5/c1-10(2)28-21(25)18-11(3)23-14-5-4-6-15(24)20(14)19(18)12-7-16-17(8-13(12)22)27-9-26-16/h7-8,10,18-19H,4-6,9H2,1-3H3/t18?,19-/m0/s1. The van der Waals surface area contributed by atoms with Gasteiger partial charge < -0.3 is 14.2 Å². The molecule has 2 heterocycles. The molecule has 3 aliphatic rings. The number of ether oxygens (including phenoxy) is 3. The van der Waals surface area contributed by atoms with Crippen LogP contribution >= 0.6 is 15.9 Å². The summed E-state index contributed by atoms with van der Waals surface area (Å²) in [5.41, 5.74) is 2.90. The molecule has 28 heavy (non-hydrogen) atoms. The van der Waals surface area contributed by atoms with Crippen LogP contribution in [0.3, 0.4) is 0 Å². The second-order valence-corrected chi connectivity index (χ2v) is 8.41. The van der Waals surface area contributed by atoms with Crippen LogP contribution in [0.25, 0.3) is 0 Å². The highest BCUT2D eigenvalue weighted by Gasteiger charge is 2.44. The molecule has 0 spiro atoms. The van der Waals surface area contributed by atoms with Gasteiger partial charge >= 0.3 is 5.97 Å². The summed E-state index contributed by atoms with van der Waals surface area (Å²) in [4.78, 5) is 30.6. The van der Waals surface area contributed by atoms with E-state index in [0.717, 1.165) is 28.6 Å². The zero-order valence-electron chi connectivity index (χ0n) is 16.1. The average Bonchev–Trinajstić information content (AvgIpc) is 3.06. The van der Waals surface area contributed by atoms with Gasteiger partial charge in [0.25, 0.3) is 0 Å². The van der Waals surface area contributed by atoms with E-state index in [4.69, 9.17) is 14.2 Å². The second-order valence-electron chi connectivity index (χ2n) is 7.56. The van der Waals surface area contributed by atoms with Gasteiger partial charge in [-0.15, -0.1) is 0 Å². The Balaban J connectivity index is 1.88. The summed E-state index contributed by atoms with van der Waals surface area (Å²) < 4.78 is 17.3. The Morgan fingerprint density at radius 1 is 1.25 bits per heavy atom. The number of esters is 1. The number of hydrogen-bond acceptors (Lipinski definition) is 6.